The lowest BCUT2D eigenvalue weighted by molar-refractivity contribution is -0.132. The number of allylic oxidation sites excluding steroid dienone is 2. The highest BCUT2D eigenvalue weighted by Crippen LogP contribution is 2.41. The fourth-order valence-corrected chi connectivity index (χ4v) is 5.73. The van der Waals surface area contributed by atoms with E-state index < -0.39 is 17.6 Å². The van der Waals surface area contributed by atoms with Crippen LogP contribution in [0.4, 0.5) is 4.79 Å². The van der Waals surface area contributed by atoms with E-state index in [-0.39, 0.29) is 23.9 Å². The molecule has 0 aliphatic carbocycles. The third-order valence-corrected chi connectivity index (χ3v) is 8.02. The number of Topliss-reactive ketones (excluding diaryl/α,β-unsaturated/α-hetero) is 2. The fourth-order valence-electron chi connectivity index (χ4n) is 5.73. The molecule has 0 spiro atoms. The van der Waals surface area contributed by atoms with Gasteiger partial charge in [-0.2, -0.15) is 0 Å². The van der Waals surface area contributed by atoms with E-state index in [1.807, 2.05) is 76.2 Å². The second-order valence-electron chi connectivity index (χ2n) is 12.3. The standard InChI is InChI=1S/C37H39N3O5/c1-25-13-11-12-18-28(25)32-29(34(42)26-14-7-5-8-15-26)24-38-30(33(32)35(43)27-16-9-6-10-17-27)23-31(41)39-19-21-40(22-20-39)36(44)45-37(2,3)4/h5-18,24,32,38H,19-23H2,1-4H3. The van der Waals surface area contributed by atoms with Crippen LogP contribution in [0.3, 0.4) is 0 Å². The monoisotopic (exact) mass is 605 g/mol. The van der Waals surface area contributed by atoms with Crippen LogP contribution >= 0.6 is 0 Å². The molecule has 1 unspecified atom stereocenters. The molecule has 45 heavy (non-hydrogen) atoms. The molecule has 2 aliphatic heterocycles. The molecule has 2 heterocycles. The molecule has 3 aromatic rings. The Bertz CT molecular complexity index is 1650. The minimum atomic E-state index is -0.695. The van der Waals surface area contributed by atoms with Gasteiger partial charge in [0.25, 0.3) is 0 Å². The van der Waals surface area contributed by atoms with Gasteiger partial charge in [0.15, 0.2) is 11.6 Å². The van der Waals surface area contributed by atoms with Gasteiger partial charge >= 0.3 is 6.09 Å². The molecule has 232 valence electrons. The number of amides is 2. The largest absolute Gasteiger partial charge is 0.444 e. The predicted molar refractivity (Wildman–Crippen MR) is 173 cm³/mol. The van der Waals surface area contributed by atoms with Gasteiger partial charge in [0.1, 0.15) is 5.60 Å². The summed E-state index contributed by atoms with van der Waals surface area (Å²) in [6.45, 7) is 8.82. The van der Waals surface area contributed by atoms with Crippen molar-refractivity contribution >= 4 is 23.6 Å². The van der Waals surface area contributed by atoms with Crippen LogP contribution in [0.5, 0.6) is 0 Å². The summed E-state index contributed by atoms with van der Waals surface area (Å²) >= 11 is 0. The Labute approximate surface area is 264 Å². The summed E-state index contributed by atoms with van der Waals surface area (Å²) in [6.07, 6.45) is 1.19. The molecule has 2 aliphatic rings. The normalized spacial score (nSPS) is 16.9. The number of nitrogens with zero attached hydrogens (tertiary/aromatic N) is 2. The number of carbonyl (C=O) groups is 4. The average Bonchev–Trinajstić information content (AvgIpc) is 3.04. The van der Waals surface area contributed by atoms with Gasteiger partial charge in [-0.1, -0.05) is 84.9 Å². The topological polar surface area (TPSA) is 96.0 Å². The molecule has 8 heteroatoms. The lowest BCUT2D eigenvalue weighted by atomic mass is 9.75. The Morgan fingerprint density at radius 1 is 0.756 bits per heavy atom. The van der Waals surface area contributed by atoms with Crippen molar-refractivity contribution in [2.24, 2.45) is 0 Å². The number of benzene rings is 3. The van der Waals surface area contributed by atoms with Gasteiger partial charge in [-0.15, -0.1) is 0 Å². The van der Waals surface area contributed by atoms with Gasteiger partial charge in [-0.25, -0.2) is 4.79 Å². The van der Waals surface area contributed by atoms with Crippen LogP contribution in [0.25, 0.3) is 0 Å². The number of aryl methyl sites for hydroxylation is 1. The van der Waals surface area contributed by atoms with Crippen molar-refractivity contribution in [2.45, 2.75) is 45.6 Å². The van der Waals surface area contributed by atoms with Crippen LogP contribution in [0, 0.1) is 6.92 Å². The highest BCUT2D eigenvalue weighted by molar-refractivity contribution is 6.16. The number of piperazine rings is 1. The number of ether oxygens (including phenoxy) is 1. The first-order valence-electron chi connectivity index (χ1n) is 15.2. The van der Waals surface area contributed by atoms with Crippen molar-refractivity contribution in [3.63, 3.8) is 0 Å². The van der Waals surface area contributed by atoms with E-state index in [9.17, 15) is 19.2 Å². The van der Waals surface area contributed by atoms with Crippen molar-refractivity contribution in [3.05, 3.63) is 130 Å². The van der Waals surface area contributed by atoms with Gasteiger partial charge in [0.2, 0.25) is 5.91 Å². The third-order valence-electron chi connectivity index (χ3n) is 8.02. The molecule has 0 aromatic heterocycles. The first kappa shape index (κ1) is 31.4. The van der Waals surface area contributed by atoms with Crippen LogP contribution in [-0.2, 0) is 9.53 Å². The van der Waals surface area contributed by atoms with Crippen LogP contribution < -0.4 is 5.32 Å². The SMILES string of the molecule is Cc1ccccc1C1C(C(=O)c2ccccc2)=CNC(CC(=O)N2CCN(C(=O)OC(C)(C)C)CC2)=C1C(=O)c1ccccc1. The zero-order valence-electron chi connectivity index (χ0n) is 26.2. The maximum atomic E-state index is 14.4. The minimum absolute atomic E-state index is 0.0635. The summed E-state index contributed by atoms with van der Waals surface area (Å²) in [6, 6.07) is 25.6. The Morgan fingerprint density at radius 2 is 1.29 bits per heavy atom. The number of hydrogen-bond donors (Lipinski definition) is 1. The summed E-state index contributed by atoms with van der Waals surface area (Å²) in [7, 11) is 0. The molecule has 0 saturated carbocycles. The molecule has 0 bridgehead atoms. The van der Waals surface area contributed by atoms with Gasteiger partial charge in [-0.05, 0) is 38.8 Å². The van der Waals surface area contributed by atoms with E-state index >= 15 is 0 Å². The molecule has 1 saturated heterocycles. The van der Waals surface area contributed by atoms with Crippen LogP contribution in [0.1, 0.15) is 65.0 Å². The van der Waals surface area contributed by atoms with Crippen molar-refractivity contribution in [1.82, 2.24) is 15.1 Å². The first-order valence-corrected chi connectivity index (χ1v) is 15.2. The Balaban J connectivity index is 1.50. The number of carbonyl (C=O) groups excluding carboxylic acids is 4. The summed E-state index contributed by atoms with van der Waals surface area (Å²) in [5.74, 6) is -1.31. The molecular formula is C37H39N3O5. The maximum absolute atomic E-state index is 14.4. The predicted octanol–water partition coefficient (Wildman–Crippen LogP) is 6.06. The van der Waals surface area contributed by atoms with Crippen molar-refractivity contribution in [1.29, 1.82) is 0 Å². The van der Waals surface area contributed by atoms with E-state index in [2.05, 4.69) is 5.32 Å². The lowest BCUT2D eigenvalue weighted by Gasteiger charge is -2.36. The van der Waals surface area contributed by atoms with Gasteiger partial charge < -0.3 is 19.9 Å². The van der Waals surface area contributed by atoms with E-state index in [1.54, 1.807) is 52.4 Å². The molecule has 3 aromatic carbocycles. The van der Waals surface area contributed by atoms with Crippen molar-refractivity contribution < 1.29 is 23.9 Å². The molecule has 1 fully saturated rings. The number of nitrogens with one attached hydrogen (secondary N) is 1. The fraction of sp³-hybridized carbons (Fsp3) is 0.297. The van der Waals surface area contributed by atoms with E-state index in [0.29, 0.717) is 54.1 Å². The Hall–Kier alpha value is -4.98. The quantitative estimate of drug-likeness (QED) is 0.329. The molecule has 1 atom stereocenters. The number of rotatable bonds is 7. The van der Waals surface area contributed by atoms with Crippen LogP contribution in [0.2, 0.25) is 0 Å². The van der Waals surface area contributed by atoms with E-state index in [0.717, 1.165) is 11.1 Å². The molecule has 1 N–H and O–H groups in total. The number of ketones is 2. The molecule has 8 nitrogen and oxygen atoms in total. The average molecular weight is 606 g/mol. The smallest absolute Gasteiger partial charge is 0.410 e. The summed E-state index contributed by atoms with van der Waals surface area (Å²) in [5, 5.41) is 3.21. The van der Waals surface area contributed by atoms with Crippen molar-refractivity contribution in [3.8, 4) is 0 Å². The second kappa shape index (κ2) is 13.3. The number of hydrogen-bond acceptors (Lipinski definition) is 6. The van der Waals surface area contributed by atoms with Crippen LogP contribution in [0.15, 0.2) is 108 Å². The van der Waals surface area contributed by atoms with Crippen molar-refractivity contribution in [2.75, 3.05) is 26.2 Å². The summed E-state index contributed by atoms with van der Waals surface area (Å²) in [4.78, 5) is 58.0. The molecule has 5 rings (SSSR count). The minimum Gasteiger partial charge on any atom is -0.444 e. The highest BCUT2D eigenvalue weighted by Gasteiger charge is 2.38. The molecule has 2 amide bonds. The zero-order valence-corrected chi connectivity index (χ0v) is 26.2. The number of dihydropyridines is 1. The van der Waals surface area contributed by atoms with Crippen LogP contribution in [-0.4, -0.2) is 65.1 Å². The molecular weight excluding hydrogens is 566 g/mol. The Kier molecular flexibility index (Phi) is 9.32. The zero-order chi connectivity index (χ0) is 32.1. The summed E-state index contributed by atoms with van der Waals surface area (Å²) in [5.41, 5.74) is 3.39. The lowest BCUT2D eigenvalue weighted by Crippen LogP contribution is -2.51. The van der Waals surface area contributed by atoms with E-state index in [1.165, 1.54) is 0 Å². The maximum Gasteiger partial charge on any atom is 0.410 e. The van der Waals surface area contributed by atoms with Gasteiger partial charge in [0.05, 0.1) is 6.42 Å². The van der Waals surface area contributed by atoms with Gasteiger partial charge in [-0.3, -0.25) is 14.4 Å². The molecule has 0 radical (unpaired) electrons. The second-order valence-corrected chi connectivity index (χ2v) is 12.3. The van der Waals surface area contributed by atoms with Gasteiger partial charge in [0, 0.05) is 66.3 Å². The Morgan fingerprint density at radius 3 is 1.87 bits per heavy atom. The third kappa shape index (κ3) is 7.23. The summed E-state index contributed by atoms with van der Waals surface area (Å²) < 4.78 is 5.50. The highest BCUT2D eigenvalue weighted by atomic mass is 16.6. The first-order chi connectivity index (χ1) is 21.5. The van der Waals surface area contributed by atoms with E-state index in [4.69, 9.17) is 4.74 Å².